The van der Waals surface area contributed by atoms with Crippen LogP contribution in [0.4, 0.5) is 10.2 Å². The Kier molecular flexibility index (Phi) is 6.74. The van der Waals surface area contributed by atoms with Gasteiger partial charge in [0.2, 0.25) is 5.91 Å². The number of nitrogens with two attached hydrogens (primary N) is 1. The summed E-state index contributed by atoms with van der Waals surface area (Å²) in [4.78, 5) is 12.0. The van der Waals surface area contributed by atoms with Crippen molar-refractivity contribution in [2.75, 3.05) is 5.32 Å². The number of nitrogens with one attached hydrogen (secondary N) is 2. The fourth-order valence-corrected chi connectivity index (χ4v) is 2.01. The Labute approximate surface area is 133 Å². The Morgan fingerprint density at radius 1 is 1.43 bits per heavy atom. The number of rotatable bonds is 6. The van der Waals surface area contributed by atoms with Crippen molar-refractivity contribution in [1.29, 1.82) is 0 Å². The van der Waals surface area contributed by atoms with Crippen LogP contribution in [0.3, 0.4) is 0 Å². The van der Waals surface area contributed by atoms with Gasteiger partial charge in [-0.05, 0) is 35.3 Å². The van der Waals surface area contributed by atoms with Gasteiger partial charge >= 0.3 is 0 Å². The van der Waals surface area contributed by atoms with Gasteiger partial charge in [-0.2, -0.15) is 0 Å². The predicted molar refractivity (Wildman–Crippen MR) is 88.9 cm³/mol. The lowest BCUT2D eigenvalue weighted by molar-refractivity contribution is -0.118. The van der Waals surface area contributed by atoms with Crippen molar-refractivity contribution in [3.63, 3.8) is 0 Å². The quantitative estimate of drug-likeness (QED) is 0.554. The number of carbonyl (C=O) groups is 1. The fourth-order valence-electron chi connectivity index (χ4n) is 1.59. The van der Waals surface area contributed by atoms with E-state index in [0.717, 1.165) is 6.20 Å². The zero-order valence-electron chi connectivity index (χ0n) is 11.7. The summed E-state index contributed by atoms with van der Waals surface area (Å²) in [6, 6.07) is 2.57. The third-order valence-corrected chi connectivity index (χ3v) is 3.47. The molecule has 0 aliphatic heterocycles. The van der Waals surface area contributed by atoms with Crippen molar-refractivity contribution < 1.29 is 9.28 Å². The summed E-state index contributed by atoms with van der Waals surface area (Å²) in [6.07, 6.45) is 2.59. The Hall–Kier alpha value is -1.50. The van der Waals surface area contributed by atoms with E-state index in [2.05, 4.69) is 5.32 Å². The van der Waals surface area contributed by atoms with Gasteiger partial charge in [0.05, 0.1) is 16.8 Å². The molecule has 1 aromatic carbocycles. The second-order valence-corrected chi connectivity index (χ2v) is 5.42. The molecule has 0 fully saturated rings. The average molecular weight is 330 g/mol. The predicted octanol–water partition coefficient (Wildman–Crippen LogP) is 3.05. The van der Waals surface area contributed by atoms with E-state index in [1.54, 1.807) is 12.1 Å². The van der Waals surface area contributed by atoms with Gasteiger partial charge in [0.25, 0.3) is 0 Å². The Bertz CT molecular complexity index is 563. The first-order chi connectivity index (χ1) is 9.90. The molecule has 0 aromatic heterocycles. The van der Waals surface area contributed by atoms with Gasteiger partial charge in [0, 0.05) is 11.6 Å². The van der Waals surface area contributed by atoms with Crippen LogP contribution in [-0.2, 0) is 4.79 Å². The lowest BCUT2D eigenvalue weighted by atomic mass is 10.0. The van der Waals surface area contributed by atoms with Crippen molar-refractivity contribution >= 4 is 46.9 Å². The summed E-state index contributed by atoms with van der Waals surface area (Å²) >= 11 is 11.0. The van der Waals surface area contributed by atoms with Crippen molar-refractivity contribution in [2.45, 2.75) is 19.9 Å². The maximum absolute atomic E-state index is 12.0. The van der Waals surface area contributed by atoms with E-state index < -0.39 is 6.04 Å². The molecule has 0 spiro atoms. The van der Waals surface area contributed by atoms with E-state index in [9.17, 15) is 9.28 Å². The monoisotopic (exact) mass is 329 g/mol. The number of amides is 1. The minimum atomic E-state index is -0.641. The average Bonchev–Trinajstić information content (AvgIpc) is 2.46. The molecule has 0 aliphatic rings. The molecule has 0 bridgehead atoms. The largest absolute Gasteiger partial charge is 0.323 e. The molecule has 0 saturated carbocycles. The maximum atomic E-state index is 12.0. The molecular weight excluding hydrogens is 313 g/mol. The van der Waals surface area contributed by atoms with E-state index in [-0.39, 0.29) is 11.8 Å². The molecule has 21 heavy (non-hydrogen) atoms. The van der Waals surface area contributed by atoms with E-state index in [1.807, 2.05) is 13.8 Å². The van der Waals surface area contributed by atoms with Gasteiger partial charge in [-0.15, -0.1) is 4.48 Å². The Morgan fingerprint density at radius 3 is 2.62 bits per heavy atom. The van der Waals surface area contributed by atoms with E-state index in [0.29, 0.717) is 21.8 Å². The molecule has 1 aromatic rings. The summed E-state index contributed by atoms with van der Waals surface area (Å²) in [5, 5.41) is 4.43. The highest BCUT2D eigenvalue weighted by Crippen LogP contribution is 2.27. The van der Waals surface area contributed by atoms with Crippen molar-refractivity contribution in [1.82, 2.24) is 5.54 Å². The summed E-state index contributed by atoms with van der Waals surface area (Å²) in [5.41, 5.74) is 8.85. The van der Waals surface area contributed by atoms with Crippen LogP contribution < -0.4 is 16.6 Å². The molecule has 1 amide bonds. The minimum Gasteiger partial charge on any atom is -0.323 e. The summed E-state index contributed by atoms with van der Waals surface area (Å²) in [7, 11) is 0. The molecule has 1 rings (SSSR count). The van der Waals surface area contributed by atoms with Gasteiger partial charge < -0.3 is 11.1 Å². The van der Waals surface area contributed by atoms with Gasteiger partial charge in [-0.1, -0.05) is 37.7 Å². The van der Waals surface area contributed by atoms with Crippen LogP contribution in [0.1, 0.15) is 25.0 Å². The first-order valence-corrected chi connectivity index (χ1v) is 7.13. The fraction of sp³-hybridized carbons (Fsp3) is 0.286. The Morgan fingerprint density at radius 2 is 2.10 bits per heavy atom. The number of benzene rings is 1. The molecule has 4 N–H and O–H groups in total. The van der Waals surface area contributed by atoms with Crippen molar-refractivity contribution in [2.24, 2.45) is 11.7 Å². The normalized spacial score (nSPS) is 12.5. The lowest BCUT2D eigenvalue weighted by Crippen LogP contribution is -2.39. The zero-order valence-corrected chi connectivity index (χ0v) is 13.3. The molecule has 0 radical (unpaired) electrons. The number of halogens is 2. The number of thiocarbonyl (C=S) groups is 1. The van der Waals surface area contributed by atoms with Crippen LogP contribution in [0.25, 0.3) is 6.08 Å². The smallest absolute Gasteiger partial charge is 0.241 e. The van der Waals surface area contributed by atoms with Crippen molar-refractivity contribution in [3.05, 3.63) is 34.5 Å². The standard InChI is InChI=1S/C14H17ClFN3OS/c1-8(2)13(17)14(20)19-12-6-9(3-4-18-16)10(7-21)5-11(12)15/h3-8,13,18H,17H2,1-2H3,(H,19,20)/b4-3-. The number of hydrogen-bond acceptors (Lipinski definition) is 4. The van der Waals surface area contributed by atoms with Crippen LogP contribution in [0.5, 0.6) is 0 Å². The lowest BCUT2D eigenvalue weighted by Gasteiger charge is -2.17. The molecule has 0 heterocycles. The molecule has 0 aliphatic carbocycles. The molecular formula is C14H17ClFN3OS. The molecule has 7 heteroatoms. The van der Waals surface area contributed by atoms with Crippen LogP contribution in [-0.4, -0.2) is 17.3 Å². The number of anilines is 1. The topological polar surface area (TPSA) is 67.2 Å². The highest BCUT2D eigenvalue weighted by Gasteiger charge is 2.18. The highest BCUT2D eigenvalue weighted by atomic mass is 35.5. The molecule has 114 valence electrons. The third-order valence-electron chi connectivity index (χ3n) is 2.90. The van der Waals surface area contributed by atoms with E-state index >= 15 is 0 Å². The zero-order chi connectivity index (χ0) is 16.0. The molecule has 1 unspecified atom stereocenters. The summed E-state index contributed by atoms with van der Waals surface area (Å²) < 4.78 is 12.0. The summed E-state index contributed by atoms with van der Waals surface area (Å²) in [6.45, 7) is 3.70. The van der Waals surface area contributed by atoms with Crippen LogP contribution >= 0.6 is 23.8 Å². The second-order valence-electron chi connectivity index (χ2n) is 4.78. The van der Waals surface area contributed by atoms with Crippen molar-refractivity contribution in [3.8, 4) is 0 Å². The van der Waals surface area contributed by atoms with Crippen LogP contribution in [0, 0.1) is 5.92 Å². The molecule has 0 saturated heterocycles. The number of hydrogen-bond donors (Lipinski definition) is 3. The van der Waals surface area contributed by atoms with Gasteiger partial charge in [-0.3, -0.25) is 4.79 Å². The third kappa shape index (κ3) is 4.77. The van der Waals surface area contributed by atoms with Gasteiger partial charge in [0.15, 0.2) is 0 Å². The highest BCUT2D eigenvalue weighted by molar-refractivity contribution is 7.79. The van der Waals surface area contributed by atoms with E-state index in [1.165, 1.54) is 17.0 Å². The van der Waals surface area contributed by atoms with Gasteiger partial charge in [-0.25, -0.2) is 5.54 Å². The molecule has 4 nitrogen and oxygen atoms in total. The van der Waals surface area contributed by atoms with Crippen LogP contribution in [0.15, 0.2) is 18.3 Å². The first-order valence-electron chi connectivity index (χ1n) is 6.28. The SMILES string of the molecule is CC(C)C(N)C(=O)Nc1cc(/C=C\NF)c(C=S)cc1Cl. The van der Waals surface area contributed by atoms with E-state index in [4.69, 9.17) is 29.6 Å². The second kappa shape index (κ2) is 8.07. The molecule has 1 atom stereocenters. The number of carbonyl (C=O) groups excluding carboxylic acids is 1. The summed E-state index contributed by atoms with van der Waals surface area (Å²) in [5.74, 6) is -0.334. The minimum absolute atomic E-state index is 0.000808. The van der Waals surface area contributed by atoms with Gasteiger partial charge in [0.1, 0.15) is 0 Å². The Balaban J connectivity index is 3.10. The first kappa shape index (κ1) is 17.6. The maximum Gasteiger partial charge on any atom is 0.241 e. The van der Waals surface area contributed by atoms with Crippen LogP contribution in [0.2, 0.25) is 5.02 Å².